The number of halogens is 1. The van der Waals surface area contributed by atoms with Gasteiger partial charge in [0.25, 0.3) is 5.56 Å². The fourth-order valence-corrected chi connectivity index (χ4v) is 6.78. The largest absolute Gasteiger partial charge is 0.381 e. The monoisotopic (exact) mass is 525 g/mol. The normalized spacial score (nSPS) is 20.4. The Labute approximate surface area is 223 Å². The lowest BCUT2D eigenvalue weighted by Crippen LogP contribution is -2.63. The van der Waals surface area contributed by atoms with Crippen LogP contribution in [0.25, 0.3) is 0 Å². The number of nitrogens with zero attached hydrogens (tertiary/aromatic N) is 4. The number of H-pyrrole nitrogens is 1. The number of benzene rings is 1. The summed E-state index contributed by atoms with van der Waals surface area (Å²) in [5, 5.41) is 13.1. The number of rotatable bonds is 10. The molecule has 3 aliphatic rings. The molecule has 1 atom stereocenters. The van der Waals surface area contributed by atoms with Gasteiger partial charge in [0.2, 0.25) is 0 Å². The summed E-state index contributed by atoms with van der Waals surface area (Å²) < 4.78 is 5.61. The summed E-state index contributed by atoms with van der Waals surface area (Å²) in [7, 11) is 3.74. The standard InChI is InChI=1S/C28H36ClN5O3/c1-18-19(11-30-32-27(18)36)5-4-8-34-16-28(17-34)9-20(10-28)26(21-14-37-15-21)22-6-7-25(29)24(13-35)23(22)12-31-33(2)3/h6-7,11-13,20-21,26H,4-5,8-10,14-17H2,1-3H3,(H,32,36)/b31-12-. The number of ether oxygens (including phenoxy) is 1. The Morgan fingerprint density at radius 1 is 1.27 bits per heavy atom. The molecule has 1 unspecified atom stereocenters. The Bertz CT molecular complexity index is 1220. The van der Waals surface area contributed by atoms with E-state index in [-0.39, 0.29) is 5.56 Å². The molecule has 8 nitrogen and oxygen atoms in total. The Morgan fingerprint density at radius 3 is 2.68 bits per heavy atom. The maximum Gasteiger partial charge on any atom is 0.267 e. The van der Waals surface area contributed by atoms with Gasteiger partial charge in [-0.15, -0.1) is 0 Å². The second-order valence-corrected chi connectivity index (χ2v) is 11.7. The van der Waals surface area contributed by atoms with Gasteiger partial charge in [-0.1, -0.05) is 17.7 Å². The minimum Gasteiger partial charge on any atom is -0.381 e. The lowest BCUT2D eigenvalue weighted by atomic mass is 9.52. The fourth-order valence-electron chi connectivity index (χ4n) is 6.57. The molecule has 3 fully saturated rings. The first-order valence-corrected chi connectivity index (χ1v) is 13.5. The number of aromatic nitrogens is 2. The zero-order chi connectivity index (χ0) is 26.2. The van der Waals surface area contributed by atoms with E-state index >= 15 is 0 Å². The molecule has 2 aromatic rings. The van der Waals surface area contributed by atoms with Crippen molar-refractivity contribution in [1.82, 2.24) is 20.1 Å². The number of aryl methyl sites for hydroxylation is 1. The first kappa shape index (κ1) is 26.1. The van der Waals surface area contributed by atoms with Crippen molar-refractivity contribution in [1.29, 1.82) is 0 Å². The van der Waals surface area contributed by atoms with Gasteiger partial charge < -0.3 is 14.6 Å². The SMILES string of the molecule is Cc1c(CCCN2CC3(CC(C(c4ccc(Cl)c(C=O)c4/C=N\N(C)C)C4COC4)C3)C2)cn[nH]c1=O. The number of nitrogens with one attached hydrogen (secondary N) is 1. The van der Waals surface area contributed by atoms with Crippen LogP contribution in [0.15, 0.2) is 28.2 Å². The Morgan fingerprint density at radius 2 is 2.03 bits per heavy atom. The molecular formula is C28H36ClN5O3. The summed E-state index contributed by atoms with van der Waals surface area (Å²) in [6, 6.07) is 3.95. The molecule has 1 aromatic heterocycles. The lowest BCUT2D eigenvalue weighted by molar-refractivity contribution is -0.127. The summed E-state index contributed by atoms with van der Waals surface area (Å²) in [4.78, 5) is 26.3. The van der Waals surface area contributed by atoms with Gasteiger partial charge in [0.1, 0.15) is 0 Å². The van der Waals surface area contributed by atoms with Gasteiger partial charge in [-0.3, -0.25) is 9.59 Å². The highest BCUT2D eigenvalue weighted by molar-refractivity contribution is 6.33. The van der Waals surface area contributed by atoms with Gasteiger partial charge in [-0.25, -0.2) is 5.10 Å². The molecule has 1 spiro atoms. The lowest BCUT2D eigenvalue weighted by Gasteiger charge is -2.62. The van der Waals surface area contributed by atoms with Crippen molar-refractivity contribution in [2.45, 2.75) is 38.5 Å². The average molecular weight is 526 g/mol. The zero-order valence-corrected chi connectivity index (χ0v) is 22.6. The van der Waals surface area contributed by atoms with Gasteiger partial charge in [0.15, 0.2) is 6.29 Å². The van der Waals surface area contributed by atoms with E-state index in [0.29, 0.717) is 33.8 Å². The Hall–Kier alpha value is -2.55. The van der Waals surface area contributed by atoms with Crippen molar-refractivity contribution in [3.63, 3.8) is 0 Å². The third kappa shape index (κ3) is 5.24. The van der Waals surface area contributed by atoms with Gasteiger partial charge in [-0.05, 0) is 73.6 Å². The molecule has 1 aliphatic carbocycles. The van der Waals surface area contributed by atoms with Crippen LogP contribution in [0, 0.1) is 24.2 Å². The van der Waals surface area contributed by atoms with Gasteiger partial charge in [0.05, 0.1) is 30.6 Å². The van der Waals surface area contributed by atoms with E-state index < -0.39 is 0 Å². The molecule has 1 aromatic carbocycles. The molecule has 37 heavy (non-hydrogen) atoms. The van der Waals surface area contributed by atoms with Crippen molar-refractivity contribution >= 4 is 24.1 Å². The van der Waals surface area contributed by atoms with Crippen LogP contribution in [-0.4, -0.2) is 79.6 Å². The van der Waals surface area contributed by atoms with Crippen LogP contribution < -0.4 is 5.56 Å². The number of aromatic amines is 1. The Balaban J connectivity index is 1.23. The molecule has 2 saturated heterocycles. The second kappa shape index (κ2) is 10.7. The molecule has 9 heteroatoms. The van der Waals surface area contributed by atoms with E-state index in [1.165, 1.54) is 18.4 Å². The number of aldehydes is 1. The van der Waals surface area contributed by atoms with E-state index in [1.54, 1.807) is 17.4 Å². The minimum atomic E-state index is -0.0931. The summed E-state index contributed by atoms with van der Waals surface area (Å²) >= 11 is 6.41. The molecular weight excluding hydrogens is 490 g/mol. The number of carbonyl (C=O) groups is 1. The predicted octanol–water partition coefficient (Wildman–Crippen LogP) is 3.51. The number of hydrogen-bond acceptors (Lipinski definition) is 7. The molecule has 1 N–H and O–H groups in total. The summed E-state index contributed by atoms with van der Waals surface area (Å²) in [5.74, 6) is 1.35. The summed E-state index contributed by atoms with van der Waals surface area (Å²) in [6.45, 7) is 6.71. The molecule has 3 heterocycles. The first-order valence-electron chi connectivity index (χ1n) is 13.1. The summed E-state index contributed by atoms with van der Waals surface area (Å²) in [5.41, 5.74) is 4.66. The van der Waals surface area contributed by atoms with Crippen molar-refractivity contribution in [3.05, 3.63) is 61.5 Å². The molecule has 5 rings (SSSR count). The van der Waals surface area contributed by atoms with Crippen LogP contribution in [0.5, 0.6) is 0 Å². The van der Waals surface area contributed by atoms with Crippen LogP contribution in [0.3, 0.4) is 0 Å². The van der Waals surface area contributed by atoms with E-state index in [1.807, 2.05) is 27.1 Å². The number of hydrogen-bond donors (Lipinski definition) is 1. The van der Waals surface area contributed by atoms with Crippen LogP contribution in [0.1, 0.15) is 57.8 Å². The topological polar surface area (TPSA) is 90.9 Å². The molecule has 2 aliphatic heterocycles. The molecule has 0 radical (unpaired) electrons. The quantitative estimate of drug-likeness (QED) is 0.290. The van der Waals surface area contributed by atoms with Gasteiger partial charge in [0, 0.05) is 49.8 Å². The third-order valence-corrected chi connectivity index (χ3v) is 8.81. The molecule has 198 valence electrons. The second-order valence-electron chi connectivity index (χ2n) is 11.3. The molecule has 0 bridgehead atoms. The van der Waals surface area contributed by atoms with Crippen LogP contribution >= 0.6 is 11.6 Å². The van der Waals surface area contributed by atoms with E-state index in [0.717, 1.165) is 68.7 Å². The van der Waals surface area contributed by atoms with Crippen LogP contribution in [-0.2, 0) is 11.2 Å². The van der Waals surface area contributed by atoms with Crippen molar-refractivity contribution < 1.29 is 9.53 Å². The minimum absolute atomic E-state index is 0.0931. The van der Waals surface area contributed by atoms with Crippen LogP contribution in [0.4, 0.5) is 0 Å². The van der Waals surface area contributed by atoms with E-state index in [4.69, 9.17) is 16.3 Å². The van der Waals surface area contributed by atoms with Crippen molar-refractivity contribution in [3.8, 4) is 0 Å². The number of likely N-dealkylation sites (tertiary alicyclic amines) is 1. The zero-order valence-electron chi connectivity index (χ0n) is 21.9. The highest BCUT2D eigenvalue weighted by Gasteiger charge is 2.55. The van der Waals surface area contributed by atoms with Crippen LogP contribution in [0.2, 0.25) is 5.02 Å². The fraction of sp³-hybridized carbons (Fsp3) is 0.571. The maximum atomic E-state index is 12.0. The third-order valence-electron chi connectivity index (χ3n) is 8.48. The average Bonchev–Trinajstić information content (AvgIpc) is 2.78. The molecule has 0 amide bonds. The van der Waals surface area contributed by atoms with Crippen molar-refractivity contribution in [2.75, 3.05) is 46.9 Å². The maximum absolute atomic E-state index is 12.0. The van der Waals surface area contributed by atoms with Crippen molar-refractivity contribution in [2.24, 2.45) is 22.4 Å². The predicted molar refractivity (Wildman–Crippen MR) is 145 cm³/mol. The van der Waals surface area contributed by atoms with Gasteiger partial charge >= 0.3 is 0 Å². The highest BCUT2D eigenvalue weighted by Crippen LogP contribution is 2.58. The smallest absolute Gasteiger partial charge is 0.267 e. The molecule has 1 saturated carbocycles. The van der Waals surface area contributed by atoms with E-state index in [2.05, 4.69) is 26.3 Å². The number of hydrazone groups is 1. The van der Waals surface area contributed by atoms with Gasteiger partial charge in [-0.2, -0.15) is 10.2 Å². The summed E-state index contributed by atoms with van der Waals surface area (Å²) in [6.07, 6.45) is 8.73. The highest BCUT2D eigenvalue weighted by atomic mass is 35.5. The Kier molecular flexibility index (Phi) is 7.52. The van der Waals surface area contributed by atoms with E-state index in [9.17, 15) is 9.59 Å². The first-order chi connectivity index (χ1) is 17.8. The number of carbonyl (C=O) groups excluding carboxylic acids is 1.